The first kappa shape index (κ1) is 17.7. The number of halogens is 1. The number of benzene rings is 1. The first-order valence-corrected chi connectivity index (χ1v) is 9.14. The molecule has 0 unspecified atom stereocenters. The summed E-state index contributed by atoms with van der Waals surface area (Å²) in [6.45, 7) is 0.562. The third kappa shape index (κ3) is 5.42. The molecule has 0 aliphatic carbocycles. The molecule has 0 bridgehead atoms. The fourth-order valence-electron chi connectivity index (χ4n) is 2.02. The topological polar surface area (TPSA) is 49.8 Å². The van der Waals surface area contributed by atoms with Gasteiger partial charge in [-0.25, -0.2) is 4.98 Å². The quantitative estimate of drug-likeness (QED) is 0.616. The van der Waals surface area contributed by atoms with Crippen molar-refractivity contribution in [1.82, 2.24) is 15.3 Å². The van der Waals surface area contributed by atoms with Gasteiger partial charge in [0.25, 0.3) is 0 Å². The van der Waals surface area contributed by atoms with Crippen molar-refractivity contribution in [2.75, 3.05) is 5.32 Å². The minimum absolute atomic E-state index is 0.525. The third-order valence-corrected chi connectivity index (χ3v) is 4.73. The Labute approximate surface area is 161 Å². The monoisotopic (exact) mass is 386 g/mol. The van der Waals surface area contributed by atoms with Crippen LogP contribution in [0.15, 0.2) is 76.9 Å². The van der Waals surface area contributed by atoms with Crippen LogP contribution in [0.5, 0.6) is 0 Å². The number of nitrogens with zero attached hydrogens (tertiary/aromatic N) is 2. The lowest BCUT2D eigenvalue weighted by Gasteiger charge is -2.13. The van der Waals surface area contributed by atoms with Crippen molar-refractivity contribution in [3.05, 3.63) is 77.7 Å². The Bertz CT molecular complexity index is 841. The lowest BCUT2D eigenvalue weighted by atomic mass is 10.3. The van der Waals surface area contributed by atoms with Gasteiger partial charge in [-0.15, -0.1) is 0 Å². The van der Waals surface area contributed by atoms with Crippen LogP contribution < -0.4 is 10.6 Å². The molecule has 1 aromatic carbocycles. The molecular weight excluding hydrogens is 372 g/mol. The van der Waals surface area contributed by atoms with Crippen molar-refractivity contribution >= 4 is 46.4 Å². The molecule has 0 aliphatic heterocycles. The Balaban J connectivity index is 1.64. The Hall–Kier alpha value is -2.15. The second-order valence-electron chi connectivity index (χ2n) is 5.04. The lowest BCUT2D eigenvalue weighted by Crippen LogP contribution is -2.28. The Kier molecular flexibility index (Phi) is 6.22. The third-order valence-electron chi connectivity index (χ3n) is 3.20. The number of nitrogens with one attached hydrogen (secondary N) is 2. The first-order valence-electron chi connectivity index (χ1n) is 7.54. The Morgan fingerprint density at radius 3 is 2.56 bits per heavy atom. The van der Waals surface area contributed by atoms with Crippen molar-refractivity contribution < 1.29 is 0 Å². The number of hydrogen-bond acceptors (Lipinski definition) is 4. The highest BCUT2D eigenvalue weighted by atomic mass is 35.5. The summed E-state index contributed by atoms with van der Waals surface area (Å²) in [4.78, 5) is 9.75. The second kappa shape index (κ2) is 8.80. The van der Waals surface area contributed by atoms with Gasteiger partial charge in [0.1, 0.15) is 5.03 Å². The molecule has 0 spiro atoms. The molecule has 0 atom stereocenters. The lowest BCUT2D eigenvalue weighted by molar-refractivity contribution is 0.881. The van der Waals surface area contributed by atoms with Gasteiger partial charge in [-0.05, 0) is 60.7 Å². The zero-order valence-corrected chi connectivity index (χ0v) is 15.5. The van der Waals surface area contributed by atoms with Crippen LogP contribution in [-0.4, -0.2) is 15.1 Å². The molecule has 0 fully saturated rings. The number of pyridine rings is 2. The maximum atomic E-state index is 5.93. The number of anilines is 1. The van der Waals surface area contributed by atoms with E-state index in [2.05, 4.69) is 20.6 Å². The standard InChI is InChI=1S/C18H15ClN4S2/c19-13-6-8-15(9-7-13)25-17-16(5-3-11-21-17)23-18(24)22-12-14-4-1-2-10-20-14/h1-11H,12H2,(H2,22,23,24). The predicted molar refractivity (Wildman–Crippen MR) is 107 cm³/mol. The van der Waals surface area contributed by atoms with Gasteiger partial charge in [-0.3, -0.25) is 4.98 Å². The van der Waals surface area contributed by atoms with Crippen LogP contribution in [0.4, 0.5) is 5.69 Å². The molecule has 7 heteroatoms. The van der Waals surface area contributed by atoms with Crippen LogP contribution in [0.2, 0.25) is 5.02 Å². The summed E-state index contributed by atoms with van der Waals surface area (Å²) in [5.41, 5.74) is 1.77. The van der Waals surface area contributed by atoms with Gasteiger partial charge in [0.05, 0.1) is 17.9 Å². The average molecular weight is 387 g/mol. The van der Waals surface area contributed by atoms with E-state index < -0.39 is 0 Å². The van der Waals surface area contributed by atoms with E-state index in [-0.39, 0.29) is 0 Å². The molecule has 0 amide bonds. The number of thiocarbonyl (C=S) groups is 1. The normalized spacial score (nSPS) is 10.3. The highest BCUT2D eigenvalue weighted by molar-refractivity contribution is 7.99. The van der Waals surface area contributed by atoms with Crippen molar-refractivity contribution in [3.8, 4) is 0 Å². The van der Waals surface area contributed by atoms with Gasteiger partial charge in [0.15, 0.2) is 5.11 Å². The van der Waals surface area contributed by atoms with Crippen molar-refractivity contribution in [1.29, 1.82) is 0 Å². The van der Waals surface area contributed by atoms with Crippen LogP contribution in [0.25, 0.3) is 0 Å². The summed E-state index contributed by atoms with van der Waals surface area (Å²) in [6, 6.07) is 17.2. The van der Waals surface area contributed by atoms with E-state index in [0.717, 1.165) is 21.3 Å². The van der Waals surface area contributed by atoms with Crippen LogP contribution in [0.3, 0.4) is 0 Å². The fraction of sp³-hybridized carbons (Fsp3) is 0.0556. The van der Waals surface area contributed by atoms with Crippen molar-refractivity contribution in [2.45, 2.75) is 16.5 Å². The molecule has 3 rings (SSSR count). The SMILES string of the molecule is S=C(NCc1ccccn1)Nc1cccnc1Sc1ccc(Cl)cc1. The molecule has 25 heavy (non-hydrogen) atoms. The van der Waals surface area contributed by atoms with E-state index in [4.69, 9.17) is 23.8 Å². The summed E-state index contributed by atoms with van der Waals surface area (Å²) in [7, 11) is 0. The van der Waals surface area contributed by atoms with Gasteiger partial charge in [-0.2, -0.15) is 0 Å². The fourth-order valence-corrected chi connectivity index (χ4v) is 3.17. The average Bonchev–Trinajstić information content (AvgIpc) is 2.64. The molecule has 0 saturated carbocycles. The van der Waals surface area contributed by atoms with E-state index >= 15 is 0 Å². The largest absolute Gasteiger partial charge is 0.357 e. The highest BCUT2D eigenvalue weighted by Crippen LogP contribution is 2.32. The van der Waals surface area contributed by atoms with Crippen LogP contribution in [0, 0.1) is 0 Å². The molecule has 0 saturated heterocycles. The smallest absolute Gasteiger partial charge is 0.171 e. The maximum absolute atomic E-state index is 5.93. The second-order valence-corrected chi connectivity index (χ2v) is 6.95. The molecule has 126 valence electrons. The van der Waals surface area contributed by atoms with E-state index in [0.29, 0.717) is 16.7 Å². The number of aromatic nitrogens is 2. The molecule has 3 aromatic rings. The summed E-state index contributed by atoms with van der Waals surface area (Å²) in [5, 5.41) is 8.42. The highest BCUT2D eigenvalue weighted by Gasteiger charge is 2.07. The number of rotatable bonds is 5. The molecule has 2 heterocycles. The minimum Gasteiger partial charge on any atom is -0.357 e. The van der Waals surface area contributed by atoms with Crippen molar-refractivity contribution in [2.24, 2.45) is 0 Å². The van der Waals surface area contributed by atoms with E-state index in [1.165, 1.54) is 0 Å². The maximum Gasteiger partial charge on any atom is 0.171 e. The zero-order chi connectivity index (χ0) is 17.5. The van der Waals surface area contributed by atoms with Gasteiger partial charge < -0.3 is 10.6 Å². The molecule has 4 nitrogen and oxygen atoms in total. The summed E-state index contributed by atoms with van der Waals surface area (Å²) in [6.07, 6.45) is 3.52. The summed E-state index contributed by atoms with van der Waals surface area (Å²) >= 11 is 12.9. The number of hydrogen-bond donors (Lipinski definition) is 2. The van der Waals surface area contributed by atoms with Gasteiger partial charge in [-0.1, -0.05) is 29.4 Å². The summed E-state index contributed by atoms with van der Waals surface area (Å²) in [5.74, 6) is 0. The van der Waals surface area contributed by atoms with Crippen molar-refractivity contribution in [3.63, 3.8) is 0 Å². The molecule has 0 aliphatic rings. The van der Waals surface area contributed by atoms with Crippen LogP contribution in [-0.2, 0) is 6.54 Å². The van der Waals surface area contributed by atoms with Gasteiger partial charge in [0.2, 0.25) is 0 Å². The van der Waals surface area contributed by atoms with Gasteiger partial charge in [0, 0.05) is 22.3 Å². The zero-order valence-electron chi connectivity index (χ0n) is 13.1. The molecule has 2 aromatic heterocycles. The first-order chi connectivity index (χ1) is 12.2. The van der Waals surface area contributed by atoms with Gasteiger partial charge >= 0.3 is 0 Å². The predicted octanol–water partition coefficient (Wildman–Crippen LogP) is 4.77. The van der Waals surface area contributed by atoms with E-state index in [1.807, 2.05) is 54.6 Å². The van der Waals surface area contributed by atoms with E-state index in [1.54, 1.807) is 24.2 Å². The molecular formula is C18H15ClN4S2. The molecule has 0 radical (unpaired) electrons. The Morgan fingerprint density at radius 2 is 1.80 bits per heavy atom. The van der Waals surface area contributed by atoms with Crippen LogP contribution in [0.1, 0.15) is 5.69 Å². The Morgan fingerprint density at radius 1 is 1.00 bits per heavy atom. The van der Waals surface area contributed by atoms with E-state index in [9.17, 15) is 0 Å². The molecule has 2 N–H and O–H groups in total. The summed E-state index contributed by atoms with van der Waals surface area (Å²) < 4.78 is 0. The van der Waals surface area contributed by atoms with Crippen LogP contribution >= 0.6 is 35.6 Å². The minimum atomic E-state index is 0.525.